The van der Waals surface area contributed by atoms with E-state index in [1.165, 1.54) is 0 Å². The lowest BCUT2D eigenvalue weighted by molar-refractivity contribution is 1.64. The Morgan fingerprint density at radius 2 is 2.00 bits per heavy atom. The molecule has 0 fully saturated rings. The Labute approximate surface area is 77.0 Å². The lowest BCUT2D eigenvalue weighted by Crippen LogP contribution is -2.02. The third-order valence-corrected chi connectivity index (χ3v) is 1.42. The zero-order valence-electron chi connectivity index (χ0n) is 6.66. The standard InChI is InChI=1S/C9H8N2S/c1-7(12)11-9-5-3-8(10-2)4-6-9/h3-6H,1H3,(H,11,12). The lowest BCUT2D eigenvalue weighted by atomic mass is 10.3. The van der Waals surface area contributed by atoms with Crippen LogP contribution in [0.25, 0.3) is 4.85 Å². The Balaban J connectivity index is 2.80. The third kappa shape index (κ3) is 2.33. The number of thiocarbonyl (C=S) groups is 1. The monoisotopic (exact) mass is 176 g/mol. The predicted molar refractivity (Wildman–Crippen MR) is 54.6 cm³/mol. The highest BCUT2D eigenvalue weighted by molar-refractivity contribution is 7.80. The molecule has 0 aliphatic heterocycles. The highest BCUT2D eigenvalue weighted by Crippen LogP contribution is 2.15. The van der Waals surface area contributed by atoms with E-state index in [0.29, 0.717) is 5.69 Å². The normalized spacial score (nSPS) is 8.67. The minimum Gasteiger partial charge on any atom is -0.350 e. The van der Waals surface area contributed by atoms with E-state index in [0.717, 1.165) is 10.7 Å². The first kappa shape index (κ1) is 8.69. The van der Waals surface area contributed by atoms with E-state index >= 15 is 0 Å². The summed E-state index contributed by atoms with van der Waals surface area (Å²) >= 11 is 4.87. The van der Waals surface area contributed by atoms with Crippen molar-refractivity contribution in [2.75, 3.05) is 5.32 Å². The summed E-state index contributed by atoms with van der Waals surface area (Å²) in [5.41, 5.74) is 1.57. The van der Waals surface area contributed by atoms with Crippen molar-refractivity contribution in [2.45, 2.75) is 6.92 Å². The Morgan fingerprint density at radius 1 is 1.42 bits per heavy atom. The van der Waals surface area contributed by atoms with Gasteiger partial charge in [-0.15, -0.1) is 0 Å². The Bertz CT molecular complexity index is 321. The van der Waals surface area contributed by atoms with Crippen molar-refractivity contribution in [2.24, 2.45) is 0 Å². The molecular formula is C9H8N2S. The summed E-state index contributed by atoms with van der Waals surface area (Å²) in [7, 11) is 0. The number of nitrogens with one attached hydrogen (secondary N) is 1. The first-order valence-electron chi connectivity index (χ1n) is 3.47. The second-order valence-corrected chi connectivity index (χ2v) is 2.95. The largest absolute Gasteiger partial charge is 0.350 e. The summed E-state index contributed by atoms with van der Waals surface area (Å²) in [6.07, 6.45) is 0. The van der Waals surface area contributed by atoms with Gasteiger partial charge in [-0.05, 0) is 19.1 Å². The van der Waals surface area contributed by atoms with E-state index in [9.17, 15) is 0 Å². The zero-order chi connectivity index (χ0) is 8.97. The average molecular weight is 176 g/mol. The highest BCUT2D eigenvalue weighted by Gasteiger charge is 1.92. The number of anilines is 1. The summed E-state index contributed by atoms with van der Waals surface area (Å²) in [5, 5.41) is 2.98. The van der Waals surface area contributed by atoms with Crippen LogP contribution in [0, 0.1) is 6.57 Å². The fraction of sp³-hybridized carbons (Fsp3) is 0.111. The molecule has 0 atom stereocenters. The molecule has 1 rings (SSSR count). The average Bonchev–Trinajstić information content (AvgIpc) is 2.05. The summed E-state index contributed by atoms with van der Waals surface area (Å²) in [5.74, 6) is 0. The molecule has 0 bridgehead atoms. The predicted octanol–water partition coefficient (Wildman–Crippen LogP) is 3.00. The third-order valence-electron chi connectivity index (χ3n) is 1.32. The second-order valence-electron chi connectivity index (χ2n) is 2.34. The quantitative estimate of drug-likeness (QED) is 0.523. The van der Waals surface area contributed by atoms with Gasteiger partial charge in [-0.2, -0.15) is 0 Å². The topological polar surface area (TPSA) is 16.4 Å². The summed E-state index contributed by atoms with van der Waals surface area (Å²) in [6, 6.07) is 7.19. The summed E-state index contributed by atoms with van der Waals surface area (Å²) in [4.78, 5) is 4.01. The van der Waals surface area contributed by atoms with Crippen LogP contribution >= 0.6 is 12.2 Å². The summed E-state index contributed by atoms with van der Waals surface area (Å²) in [6.45, 7) is 8.55. The van der Waals surface area contributed by atoms with Gasteiger partial charge in [0.1, 0.15) is 0 Å². The highest BCUT2D eigenvalue weighted by atomic mass is 32.1. The molecule has 0 spiro atoms. The lowest BCUT2D eigenvalue weighted by Gasteiger charge is -2.02. The Hall–Kier alpha value is -1.40. The van der Waals surface area contributed by atoms with Crippen molar-refractivity contribution in [1.29, 1.82) is 0 Å². The van der Waals surface area contributed by atoms with Gasteiger partial charge in [-0.3, -0.25) is 0 Å². The molecule has 0 amide bonds. The van der Waals surface area contributed by atoms with Gasteiger partial charge < -0.3 is 5.32 Å². The molecule has 0 heterocycles. The van der Waals surface area contributed by atoms with Gasteiger partial charge >= 0.3 is 0 Å². The van der Waals surface area contributed by atoms with E-state index in [1.54, 1.807) is 12.1 Å². The van der Waals surface area contributed by atoms with Crippen LogP contribution in [0.15, 0.2) is 24.3 Å². The van der Waals surface area contributed by atoms with E-state index in [1.807, 2.05) is 19.1 Å². The number of hydrogen-bond donors (Lipinski definition) is 1. The molecule has 0 saturated heterocycles. The fourth-order valence-corrected chi connectivity index (χ4v) is 0.940. The van der Waals surface area contributed by atoms with Gasteiger partial charge in [0.15, 0.2) is 5.69 Å². The molecule has 3 heteroatoms. The van der Waals surface area contributed by atoms with Crippen molar-refractivity contribution < 1.29 is 0 Å². The van der Waals surface area contributed by atoms with Crippen LogP contribution in [-0.4, -0.2) is 4.99 Å². The Kier molecular flexibility index (Phi) is 2.78. The molecule has 0 aromatic heterocycles. The van der Waals surface area contributed by atoms with Gasteiger partial charge in [0.25, 0.3) is 0 Å². The smallest absolute Gasteiger partial charge is 0.187 e. The van der Waals surface area contributed by atoms with Crippen LogP contribution < -0.4 is 5.32 Å². The van der Waals surface area contributed by atoms with E-state index in [2.05, 4.69) is 10.2 Å². The van der Waals surface area contributed by atoms with Gasteiger partial charge in [0, 0.05) is 5.69 Å². The molecule has 1 aromatic rings. The van der Waals surface area contributed by atoms with Crippen LogP contribution in [-0.2, 0) is 0 Å². The van der Waals surface area contributed by atoms with Gasteiger partial charge in [0.05, 0.1) is 11.6 Å². The molecule has 0 aliphatic rings. The van der Waals surface area contributed by atoms with Crippen LogP contribution in [0.5, 0.6) is 0 Å². The number of rotatable bonds is 1. The molecule has 0 saturated carbocycles. The second kappa shape index (κ2) is 3.84. The van der Waals surface area contributed by atoms with Crippen LogP contribution in [0.3, 0.4) is 0 Å². The van der Waals surface area contributed by atoms with Crippen LogP contribution in [0.2, 0.25) is 0 Å². The number of benzene rings is 1. The maximum absolute atomic E-state index is 6.73. The molecular weight excluding hydrogens is 168 g/mol. The maximum atomic E-state index is 6.73. The summed E-state index contributed by atoms with van der Waals surface area (Å²) < 4.78 is 0. The molecule has 0 aliphatic carbocycles. The minimum atomic E-state index is 0.641. The number of hydrogen-bond acceptors (Lipinski definition) is 1. The Morgan fingerprint density at radius 3 is 2.42 bits per heavy atom. The van der Waals surface area contributed by atoms with E-state index in [-0.39, 0.29) is 0 Å². The van der Waals surface area contributed by atoms with Crippen LogP contribution in [0.4, 0.5) is 11.4 Å². The first-order chi connectivity index (χ1) is 5.72. The minimum absolute atomic E-state index is 0.641. The van der Waals surface area contributed by atoms with Crippen molar-refractivity contribution in [3.63, 3.8) is 0 Å². The zero-order valence-corrected chi connectivity index (χ0v) is 7.48. The molecule has 1 aromatic carbocycles. The molecule has 1 N–H and O–H groups in total. The van der Waals surface area contributed by atoms with E-state index in [4.69, 9.17) is 18.8 Å². The molecule has 0 unspecified atom stereocenters. The molecule has 60 valence electrons. The number of nitrogens with zero attached hydrogens (tertiary/aromatic N) is 1. The fourth-order valence-electron chi connectivity index (χ4n) is 0.823. The molecule has 0 radical (unpaired) electrons. The van der Waals surface area contributed by atoms with Crippen molar-refractivity contribution >= 4 is 28.6 Å². The van der Waals surface area contributed by atoms with E-state index < -0.39 is 0 Å². The van der Waals surface area contributed by atoms with Crippen molar-refractivity contribution in [3.05, 3.63) is 35.7 Å². The SMILES string of the molecule is [C-]#[N+]c1ccc(NC(C)=S)cc1. The molecule has 2 nitrogen and oxygen atoms in total. The van der Waals surface area contributed by atoms with Crippen LogP contribution in [0.1, 0.15) is 6.92 Å². The molecule has 12 heavy (non-hydrogen) atoms. The van der Waals surface area contributed by atoms with Crippen molar-refractivity contribution in [1.82, 2.24) is 0 Å². The van der Waals surface area contributed by atoms with Gasteiger partial charge in [0.2, 0.25) is 0 Å². The first-order valence-corrected chi connectivity index (χ1v) is 3.88. The maximum Gasteiger partial charge on any atom is 0.187 e. The van der Waals surface area contributed by atoms with Gasteiger partial charge in [-0.1, -0.05) is 24.4 Å². The van der Waals surface area contributed by atoms with Crippen molar-refractivity contribution in [3.8, 4) is 0 Å². The van der Waals surface area contributed by atoms with Gasteiger partial charge in [-0.25, -0.2) is 4.85 Å².